The molecule has 2 atom stereocenters. The fraction of sp³-hybridized carbons (Fsp3) is 0.583. The van der Waals surface area contributed by atoms with Crippen molar-refractivity contribution in [2.45, 2.75) is 32.7 Å². The van der Waals surface area contributed by atoms with Crippen molar-refractivity contribution in [2.24, 2.45) is 10.9 Å². The van der Waals surface area contributed by atoms with E-state index in [1.165, 1.54) is 6.42 Å². The van der Waals surface area contributed by atoms with Gasteiger partial charge in [-0.2, -0.15) is 0 Å². The predicted molar refractivity (Wildman–Crippen MR) is 62.6 cm³/mol. The molecule has 0 saturated carbocycles. The summed E-state index contributed by atoms with van der Waals surface area (Å²) >= 11 is 0. The molecule has 2 heteroatoms. The average molecular weight is 192 g/mol. The van der Waals surface area contributed by atoms with E-state index in [-0.39, 0.29) is 0 Å². The van der Waals surface area contributed by atoms with Crippen LogP contribution in [-0.4, -0.2) is 19.3 Å². The monoisotopic (exact) mass is 192 g/mol. The maximum atomic E-state index is 4.35. The Hall–Kier alpha value is -0.890. The Morgan fingerprint density at radius 2 is 2.36 bits per heavy atom. The van der Waals surface area contributed by atoms with Crippen molar-refractivity contribution in [3.63, 3.8) is 0 Å². The molecular weight excluding hydrogens is 172 g/mol. The van der Waals surface area contributed by atoms with E-state index in [2.05, 4.69) is 29.9 Å². The van der Waals surface area contributed by atoms with Crippen molar-refractivity contribution in [3.05, 3.63) is 23.9 Å². The van der Waals surface area contributed by atoms with Gasteiger partial charge in [-0.25, -0.2) is 0 Å². The second-order valence-electron chi connectivity index (χ2n) is 3.87. The van der Waals surface area contributed by atoms with Gasteiger partial charge >= 0.3 is 0 Å². The molecule has 0 aromatic heterocycles. The highest BCUT2D eigenvalue weighted by atomic mass is 14.9. The molecule has 1 N–H and O–H groups in total. The predicted octanol–water partition coefficient (Wildman–Crippen LogP) is 2.54. The molecule has 0 bridgehead atoms. The van der Waals surface area contributed by atoms with Crippen molar-refractivity contribution in [1.82, 2.24) is 5.32 Å². The Labute approximate surface area is 86.8 Å². The Bertz CT molecular complexity index is 263. The second kappa shape index (κ2) is 5.11. The first-order chi connectivity index (χ1) is 6.69. The molecule has 1 rings (SSSR count). The summed E-state index contributed by atoms with van der Waals surface area (Å²) < 4.78 is 0. The van der Waals surface area contributed by atoms with Crippen LogP contribution in [0.25, 0.3) is 0 Å². The fourth-order valence-corrected chi connectivity index (χ4v) is 1.80. The Morgan fingerprint density at radius 3 is 2.93 bits per heavy atom. The molecule has 78 valence electrons. The first-order valence-corrected chi connectivity index (χ1v) is 5.25. The summed E-state index contributed by atoms with van der Waals surface area (Å²) in [5.41, 5.74) is 2.21. The molecule has 0 aromatic rings. The molecule has 0 spiro atoms. The number of allylic oxidation sites excluding steroid dienone is 1. The largest absolute Gasteiger partial charge is 0.313 e. The summed E-state index contributed by atoms with van der Waals surface area (Å²) in [6.45, 7) is 8.28. The Kier molecular flexibility index (Phi) is 4.08. The minimum absolute atomic E-state index is 0.424. The lowest BCUT2D eigenvalue weighted by molar-refractivity contribution is 0.440. The van der Waals surface area contributed by atoms with Gasteiger partial charge in [0, 0.05) is 12.3 Å². The van der Waals surface area contributed by atoms with Crippen LogP contribution in [0.15, 0.2) is 28.9 Å². The number of hydrogen-bond donors (Lipinski definition) is 1. The normalized spacial score (nSPS) is 29.1. The molecule has 2 nitrogen and oxygen atoms in total. The summed E-state index contributed by atoms with van der Waals surface area (Å²) in [6, 6.07) is 0.424. The number of rotatable bonds is 2. The van der Waals surface area contributed by atoms with Gasteiger partial charge in [-0.3, -0.25) is 4.99 Å². The molecule has 1 aliphatic rings. The summed E-state index contributed by atoms with van der Waals surface area (Å²) in [6.07, 6.45) is 6.27. The number of nitrogens with zero attached hydrogens (tertiary/aromatic N) is 1. The summed E-state index contributed by atoms with van der Waals surface area (Å²) in [4.78, 5) is 4.35. The molecule has 0 radical (unpaired) electrons. The van der Waals surface area contributed by atoms with E-state index in [4.69, 9.17) is 0 Å². The first-order valence-electron chi connectivity index (χ1n) is 5.25. The van der Waals surface area contributed by atoms with Crippen molar-refractivity contribution in [1.29, 1.82) is 0 Å². The lowest BCUT2D eigenvalue weighted by Gasteiger charge is -2.17. The van der Waals surface area contributed by atoms with Gasteiger partial charge in [0.25, 0.3) is 0 Å². The van der Waals surface area contributed by atoms with Gasteiger partial charge in [0.05, 0.1) is 5.70 Å². The average Bonchev–Trinajstić information content (AvgIpc) is 2.31. The summed E-state index contributed by atoms with van der Waals surface area (Å²) in [5, 5.41) is 3.31. The van der Waals surface area contributed by atoms with Crippen LogP contribution in [0.4, 0.5) is 0 Å². The van der Waals surface area contributed by atoms with Crippen LogP contribution in [0.5, 0.6) is 0 Å². The van der Waals surface area contributed by atoms with Crippen LogP contribution >= 0.6 is 0 Å². The number of aliphatic imine (C=N–C) groups is 1. The highest BCUT2D eigenvalue weighted by Crippen LogP contribution is 2.26. The minimum Gasteiger partial charge on any atom is -0.313 e. The lowest BCUT2D eigenvalue weighted by atomic mass is 9.98. The topological polar surface area (TPSA) is 24.4 Å². The third-order valence-electron chi connectivity index (χ3n) is 2.82. The van der Waals surface area contributed by atoms with E-state index in [0.29, 0.717) is 12.0 Å². The van der Waals surface area contributed by atoms with Gasteiger partial charge in [-0.1, -0.05) is 13.5 Å². The smallest absolute Gasteiger partial charge is 0.0627 e. The quantitative estimate of drug-likeness (QED) is 0.668. The van der Waals surface area contributed by atoms with E-state index >= 15 is 0 Å². The van der Waals surface area contributed by atoms with Crippen molar-refractivity contribution in [2.75, 3.05) is 7.05 Å². The number of hydrogen-bond acceptors (Lipinski definition) is 2. The van der Waals surface area contributed by atoms with Gasteiger partial charge in [-0.15, -0.1) is 0 Å². The van der Waals surface area contributed by atoms with E-state index in [1.807, 2.05) is 20.2 Å². The summed E-state index contributed by atoms with van der Waals surface area (Å²) in [5.74, 6) is 0.654. The molecule has 0 aromatic carbocycles. The van der Waals surface area contributed by atoms with Crippen LogP contribution in [0, 0.1) is 5.92 Å². The van der Waals surface area contributed by atoms with Crippen LogP contribution in [0.3, 0.4) is 0 Å². The second-order valence-corrected chi connectivity index (χ2v) is 3.87. The van der Waals surface area contributed by atoms with Gasteiger partial charge in [0.15, 0.2) is 0 Å². The van der Waals surface area contributed by atoms with Crippen LogP contribution in [-0.2, 0) is 0 Å². The Balaban J connectivity index is 2.91. The van der Waals surface area contributed by atoms with Crippen molar-refractivity contribution < 1.29 is 0 Å². The fourth-order valence-electron chi connectivity index (χ4n) is 1.80. The van der Waals surface area contributed by atoms with Crippen molar-refractivity contribution >= 4 is 6.21 Å². The highest BCUT2D eigenvalue weighted by Gasteiger charge is 2.18. The molecule has 2 unspecified atom stereocenters. The van der Waals surface area contributed by atoms with Crippen LogP contribution in [0.2, 0.25) is 0 Å². The van der Waals surface area contributed by atoms with Gasteiger partial charge in [0.1, 0.15) is 0 Å². The maximum Gasteiger partial charge on any atom is 0.0627 e. The van der Waals surface area contributed by atoms with E-state index < -0.39 is 0 Å². The molecule has 0 heterocycles. The molecule has 0 amide bonds. The first kappa shape index (κ1) is 11.2. The molecule has 0 aliphatic heterocycles. The van der Waals surface area contributed by atoms with Crippen LogP contribution < -0.4 is 5.32 Å². The van der Waals surface area contributed by atoms with Crippen LogP contribution in [0.1, 0.15) is 26.7 Å². The van der Waals surface area contributed by atoms with Gasteiger partial charge in [0.2, 0.25) is 0 Å². The SMILES string of the molecule is C=C1CCC(C)C(NC)C=C1N=CC. The Morgan fingerprint density at radius 1 is 1.64 bits per heavy atom. The van der Waals surface area contributed by atoms with E-state index in [0.717, 1.165) is 17.7 Å². The van der Waals surface area contributed by atoms with Crippen molar-refractivity contribution in [3.8, 4) is 0 Å². The zero-order chi connectivity index (χ0) is 10.6. The third-order valence-corrected chi connectivity index (χ3v) is 2.82. The molecule has 1 aliphatic carbocycles. The standard InChI is InChI=1S/C12H20N2/c1-5-14-12-8-11(13-4)9(2)6-7-10(12)3/h5,8-9,11,13H,3,6-7H2,1-2,4H3. The van der Waals surface area contributed by atoms with E-state index in [1.54, 1.807) is 0 Å². The van der Waals surface area contributed by atoms with Gasteiger partial charge < -0.3 is 5.32 Å². The number of nitrogens with one attached hydrogen (secondary N) is 1. The maximum absolute atomic E-state index is 4.35. The highest BCUT2D eigenvalue weighted by molar-refractivity contribution is 5.57. The zero-order valence-electron chi connectivity index (χ0n) is 9.38. The van der Waals surface area contributed by atoms with Gasteiger partial charge in [-0.05, 0) is 44.4 Å². The molecule has 0 saturated heterocycles. The molecular formula is C12H20N2. The molecule has 14 heavy (non-hydrogen) atoms. The lowest BCUT2D eigenvalue weighted by Crippen LogP contribution is -2.29. The van der Waals surface area contributed by atoms with E-state index in [9.17, 15) is 0 Å². The minimum atomic E-state index is 0.424. The third kappa shape index (κ3) is 2.55. The summed E-state index contributed by atoms with van der Waals surface area (Å²) in [7, 11) is 2.00. The zero-order valence-corrected chi connectivity index (χ0v) is 9.38. The molecule has 0 fully saturated rings. The number of likely N-dealkylation sites (N-methyl/N-ethyl adjacent to an activating group) is 1.